The summed E-state index contributed by atoms with van der Waals surface area (Å²) < 4.78 is 14.0. The van der Waals surface area contributed by atoms with E-state index in [4.69, 9.17) is 24.4 Å². The molecule has 0 N–H and O–H groups in total. The monoisotopic (exact) mass is 636 g/mol. The Morgan fingerprint density at radius 2 is 1.10 bits per heavy atom. The molecule has 3 aromatic carbocycles. The SMILES string of the molecule is CC1=CC(c2ccc3c(c2)Oc2c(-c4cc(C)ccn4)cc(-c4cc(C)ccn4)c4c2B3c2ccc(-c3cc(C)ccn3)cc2O4)=NCC1. The number of hydrogen-bond acceptors (Lipinski definition) is 6. The van der Waals surface area contributed by atoms with Crippen molar-refractivity contribution in [3.8, 4) is 56.8 Å². The van der Waals surface area contributed by atoms with Crippen LogP contribution >= 0.6 is 0 Å². The van der Waals surface area contributed by atoms with Gasteiger partial charge in [0.2, 0.25) is 0 Å². The number of ether oxygens (including phenoxy) is 2. The minimum atomic E-state index is -0.148. The summed E-state index contributed by atoms with van der Waals surface area (Å²) in [6, 6.07) is 27.5. The zero-order chi connectivity index (χ0) is 33.2. The molecule has 6 aromatic rings. The molecule has 0 atom stereocenters. The maximum Gasteiger partial charge on any atom is 0.260 e. The summed E-state index contributed by atoms with van der Waals surface area (Å²) in [6.07, 6.45) is 8.75. The van der Waals surface area contributed by atoms with E-state index in [1.54, 1.807) is 0 Å². The number of fused-ring (bicyclic) bond motifs is 4. The fraction of sp³-hybridized carbons (Fsp3) is 0.143. The molecule has 0 radical (unpaired) electrons. The van der Waals surface area contributed by atoms with Gasteiger partial charge in [-0.2, -0.15) is 0 Å². The average molecular weight is 637 g/mol. The van der Waals surface area contributed by atoms with Crippen LogP contribution in [0.5, 0.6) is 23.0 Å². The van der Waals surface area contributed by atoms with Gasteiger partial charge in [0.05, 0.1) is 22.8 Å². The van der Waals surface area contributed by atoms with Crippen LogP contribution in [0.3, 0.4) is 0 Å². The molecule has 9 rings (SSSR count). The Morgan fingerprint density at radius 1 is 0.571 bits per heavy atom. The van der Waals surface area contributed by atoms with Gasteiger partial charge in [-0.25, -0.2) is 0 Å². The van der Waals surface area contributed by atoms with Crippen LogP contribution in [0.25, 0.3) is 33.8 Å². The van der Waals surface area contributed by atoms with Crippen molar-refractivity contribution >= 4 is 28.8 Å². The van der Waals surface area contributed by atoms with E-state index < -0.39 is 0 Å². The molecule has 49 heavy (non-hydrogen) atoms. The van der Waals surface area contributed by atoms with Gasteiger partial charge in [-0.3, -0.25) is 19.9 Å². The van der Waals surface area contributed by atoms with Crippen molar-refractivity contribution in [1.29, 1.82) is 0 Å². The van der Waals surface area contributed by atoms with Crippen LogP contribution in [0.4, 0.5) is 0 Å². The van der Waals surface area contributed by atoms with Gasteiger partial charge in [-0.1, -0.05) is 29.8 Å². The van der Waals surface area contributed by atoms with Gasteiger partial charge >= 0.3 is 0 Å². The smallest absolute Gasteiger partial charge is 0.260 e. The summed E-state index contributed by atoms with van der Waals surface area (Å²) in [7, 11) is 0. The molecule has 0 saturated carbocycles. The number of hydrogen-bond donors (Lipinski definition) is 0. The van der Waals surface area contributed by atoms with Crippen LogP contribution < -0.4 is 25.9 Å². The number of dihydropyridines is 1. The standard InChI is InChI=1S/C42H33BN4O2/c1-24-9-13-44-34(17-24)28-5-7-32-38(21-28)48-41-30(36-19-26(3)11-15-46-36)23-31(37-20-27(4)12-16-47-37)42-40(41)43(32)33-8-6-29(22-39(33)49-42)35-18-25(2)10-14-45-35/h5-9,11-13,15-23H,10,14H2,1-4H3. The molecular formula is C42H33BN4O2. The predicted molar refractivity (Wildman–Crippen MR) is 198 cm³/mol. The second kappa shape index (κ2) is 11.4. The molecule has 6 heterocycles. The first-order valence-electron chi connectivity index (χ1n) is 16.8. The van der Waals surface area contributed by atoms with E-state index >= 15 is 0 Å². The molecule has 0 unspecified atom stereocenters. The lowest BCUT2D eigenvalue weighted by Crippen LogP contribution is -2.57. The Morgan fingerprint density at radius 3 is 1.67 bits per heavy atom. The predicted octanol–water partition coefficient (Wildman–Crippen LogP) is 7.66. The Kier molecular flexibility index (Phi) is 6.83. The fourth-order valence-corrected chi connectivity index (χ4v) is 7.21. The second-order valence-corrected chi connectivity index (χ2v) is 13.3. The van der Waals surface area contributed by atoms with Gasteiger partial charge in [0.1, 0.15) is 23.0 Å². The molecule has 0 saturated heterocycles. The third-order valence-corrected chi connectivity index (χ3v) is 9.69. The second-order valence-electron chi connectivity index (χ2n) is 13.3. The Labute approximate surface area is 286 Å². The molecule has 236 valence electrons. The molecule has 0 bridgehead atoms. The molecule has 3 aromatic heterocycles. The van der Waals surface area contributed by atoms with Crippen molar-refractivity contribution in [3.63, 3.8) is 0 Å². The van der Waals surface area contributed by atoms with E-state index in [0.29, 0.717) is 0 Å². The van der Waals surface area contributed by atoms with Crippen LogP contribution in [0.15, 0.2) is 114 Å². The minimum absolute atomic E-state index is 0.148. The summed E-state index contributed by atoms with van der Waals surface area (Å²) in [6.45, 7) is 9.08. The van der Waals surface area contributed by atoms with Gasteiger partial charge in [-0.05, 0) is 122 Å². The van der Waals surface area contributed by atoms with E-state index in [9.17, 15) is 0 Å². The number of pyridine rings is 3. The molecule has 0 spiro atoms. The highest BCUT2D eigenvalue weighted by Crippen LogP contribution is 2.46. The third-order valence-electron chi connectivity index (χ3n) is 9.69. The number of nitrogens with zero attached hydrogens (tertiary/aromatic N) is 4. The van der Waals surface area contributed by atoms with Crippen molar-refractivity contribution in [2.24, 2.45) is 4.99 Å². The topological polar surface area (TPSA) is 69.5 Å². The Balaban J connectivity index is 1.32. The van der Waals surface area contributed by atoms with Gasteiger partial charge in [0, 0.05) is 52.9 Å². The molecule has 3 aliphatic heterocycles. The summed E-state index contributed by atoms with van der Waals surface area (Å²) in [5.74, 6) is 3.12. The summed E-state index contributed by atoms with van der Waals surface area (Å²) >= 11 is 0. The first-order valence-corrected chi connectivity index (χ1v) is 16.8. The van der Waals surface area contributed by atoms with Gasteiger partial charge in [0.15, 0.2) is 0 Å². The lowest BCUT2D eigenvalue weighted by Gasteiger charge is -2.35. The Bertz CT molecular complexity index is 2410. The van der Waals surface area contributed by atoms with Crippen molar-refractivity contribution in [2.45, 2.75) is 34.1 Å². The number of allylic oxidation sites excluding steroid dienone is 1. The highest BCUT2D eigenvalue weighted by atomic mass is 16.5. The van der Waals surface area contributed by atoms with E-state index in [1.165, 1.54) is 5.57 Å². The van der Waals surface area contributed by atoms with Gasteiger partial charge in [-0.15, -0.1) is 0 Å². The summed E-state index contributed by atoms with van der Waals surface area (Å²) in [5.41, 5.74) is 15.3. The van der Waals surface area contributed by atoms with Gasteiger partial charge < -0.3 is 9.47 Å². The van der Waals surface area contributed by atoms with Crippen LogP contribution in [-0.2, 0) is 0 Å². The van der Waals surface area contributed by atoms with E-state index in [1.807, 2.05) is 36.8 Å². The molecule has 7 heteroatoms. The number of aromatic nitrogens is 3. The first kappa shape index (κ1) is 29.3. The molecule has 0 fully saturated rings. The molecular weight excluding hydrogens is 603 g/mol. The Hall–Kier alpha value is -5.82. The number of aliphatic imine (C=N–C) groups is 1. The fourth-order valence-electron chi connectivity index (χ4n) is 7.21. The van der Waals surface area contributed by atoms with Crippen LogP contribution in [0, 0.1) is 20.8 Å². The lowest BCUT2D eigenvalue weighted by atomic mass is 9.34. The van der Waals surface area contributed by atoms with Crippen LogP contribution in [-0.4, -0.2) is 33.9 Å². The maximum absolute atomic E-state index is 7.02. The maximum atomic E-state index is 7.02. The lowest BCUT2D eigenvalue weighted by molar-refractivity contribution is 0.466. The molecule has 6 nitrogen and oxygen atoms in total. The normalized spacial score (nSPS) is 14.1. The van der Waals surface area contributed by atoms with Crippen LogP contribution in [0.2, 0.25) is 0 Å². The number of rotatable bonds is 4. The van der Waals surface area contributed by atoms with Crippen molar-refractivity contribution in [1.82, 2.24) is 15.0 Å². The summed E-state index contributed by atoms with van der Waals surface area (Å²) in [4.78, 5) is 19.2. The van der Waals surface area contributed by atoms with Gasteiger partial charge in [0.25, 0.3) is 6.71 Å². The molecule has 3 aliphatic rings. The number of benzene rings is 3. The minimum Gasteiger partial charge on any atom is -0.458 e. The van der Waals surface area contributed by atoms with Crippen LogP contribution in [0.1, 0.15) is 35.6 Å². The van der Waals surface area contributed by atoms with E-state index in [0.717, 1.165) is 114 Å². The summed E-state index contributed by atoms with van der Waals surface area (Å²) in [5, 5.41) is 0. The van der Waals surface area contributed by atoms with E-state index in [-0.39, 0.29) is 6.71 Å². The van der Waals surface area contributed by atoms with Crippen molar-refractivity contribution in [3.05, 3.63) is 131 Å². The van der Waals surface area contributed by atoms with Crippen molar-refractivity contribution in [2.75, 3.05) is 6.54 Å². The third kappa shape index (κ3) is 5.05. The highest BCUT2D eigenvalue weighted by molar-refractivity contribution is 6.98. The first-order chi connectivity index (χ1) is 23.9. The highest BCUT2D eigenvalue weighted by Gasteiger charge is 2.43. The number of aryl methyl sites for hydroxylation is 3. The molecule has 0 amide bonds. The zero-order valence-corrected chi connectivity index (χ0v) is 27.9. The zero-order valence-electron chi connectivity index (χ0n) is 27.9. The average Bonchev–Trinajstić information content (AvgIpc) is 3.11. The largest absolute Gasteiger partial charge is 0.458 e. The van der Waals surface area contributed by atoms with Crippen molar-refractivity contribution < 1.29 is 9.47 Å². The quantitative estimate of drug-likeness (QED) is 0.186. The molecule has 0 aliphatic carbocycles. The van der Waals surface area contributed by atoms with E-state index in [2.05, 4.69) is 99.4 Å².